The molecule has 0 spiro atoms. The molecule has 0 aromatic heterocycles. The molecule has 0 radical (unpaired) electrons. The first kappa shape index (κ1) is 29.9. The molecule has 214 valence electrons. The maximum Gasteiger partial charge on any atom is 0.490 e. The van der Waals surface area contributed by atoms with Crippen molar-refractivity contribution in [3.8, 4) is 11.5 Å². The number of halogens is 5. The largest absolute Gasteiger partial charge is 0.493 e. The lowest BCUT2D eigenvalue weighted by molar-refractivity contribution is -0.192. The van der Waals surface area contributed by atoms with Crippen molar-refractivity contribution in [2.24, 2.45) is 0 Å². The number of fused-ring (bicyclic) bond motifs is 1. The van der Waals surface area contributed by atoms with Crippen molar-refractivity contribution in [3.05, 3.63) is 53.6 Å². The highest BCUT2D eigenvalue weighted by molar-refractivity contribution is 5.89. The molecule has 4 rings (SSSR count). The second-order valence-electron chi connectivity index (χ2n) is 9.47. The van der Waals surface area contributed by atoms with Gasteiger partial charge in [-0.1, -0.05) is 6.07 Å². The molecule has 1 saturated heterocycles. The third-order valence-corrected chi connectivity index (χ3v) is 7.24. The lowest BCUT2D eigenvalue weighted by atomic mass is 9.65. The summed E-state index contributed by atoms with van der Waals surface area (Å²) in [5.74, 6) is -2.62. The number of hydrogen-bond donors (Lipinski definition) is 3. The van der Waals surface area contributed by atoms with Crippen molar-refractivity contribution < 1.29 is 46.1 Å². The van der Waals surface area contributed by atoms with Crippen molar-refractivity contribution in [1.82, 2.24) is 10.2 Å². The monoisotopic (exact) mass is 559 g/mol. The highest BCUT2D eigenvalue weighted by Gasteiger charge is 2.50. The third-order valence-electron chi connectivity index (χ3n) is 7.24. The quantitative estimate of drug-likeness (QED) is 0.450. The van der Waals surface area contributed by atoms with Gasteiger partial charge in [0.1, 0.15) is 11.6 Å². The molecule has 1 aliphatic carbocycles. The average molecular weight is 560 g/mol. The molecule has 13 heteroatoms. The molecule has 3 unspecified atom stereocenters. The molecule has 8 nitrogen and oxygen atoms in total. The summed E-state index contributed by atoms with van der Waals surface area (Å²) in [6, 6.07) is 8.76. The number of ether oxygens (including phenoxy) is 2. The minimum absolute atomic E-state index is 0.0301. The van der Waals surface area contributed by atoms with Crippen molar-refractivity contribution in [2.45, 2.75) is 49.4 Å². The van der Waals surface area contributed by atoms with E-state index in [1.807, 2.05) is 6.07 Å². The number of urea groups is 1. The lowest BCUT2D eigenvalue weighted by Crippen LogP contribution is -2.52. The number of alkyl halides is 3. The fourth-order valence-corrected chi connectivity index (χ4v) is 5.33. The van der Waals surface area contributed by atoms with Gasteiger partial charge in [0.05, 0.1) is 19.9 Å². The molecule has 1 heterocycles. The number of carboxylic acids is 1. The molecule has 2 fully saturated rings. The van der Waals surface area contributed by atoms with Crippen LogP contribution < -0.4 is 20.1 Å². The molecular formula is C26H30F5N3O5. The maximum absolute atomic E-state index is 13.9. The zero-order valence-electron chi connectivity index (χ0n) is 21.6. The summed E-state index contributed by atoms with van der Waals surface area (Å²) in [4.78, 5) is 23.7. The lowest BCUT2D eigenvalue weighted by Gasteiger charge is -2.45. The van der Waals surface area contributed by atoms with Gasteiger partial charge in [-0.15, -0.1) is 0 Å². The number of anilines is 1. The van der Waals surface area contributed by atoms with Gasteiger partial charge in [0.25, 0.3) is 0 Å². The maximum atomic E-state index is 13.9. The third kappa shape index (κ3) is 6.88. The van der Waals surface area contributed by atoms with Crippen molar-refractivity contribution in [3.63, 3.8) is 0 Å². The Balaban J connectivity index is 0.000000532. The predicted molar refractivity (Wildman–Crippen MR) is 132 cm³/mol. The van der Waals surface area contributed by atoms with E-state index < -0.39 is 29.8 Å². The Labute approximate surface area is 222 Å². The van der Waals surface area contributed by atoms with Gasteiger partial charge < -0.3 is 30.1 Å². The highest BCUT2D eigenvalue weighted by atomic mass is 19.4. The van der Waals surface area contributed by atoms with E-state index in [4.69, 9.17) is 19.4 Å². The van der Waals surface area contributed by atoms with Crippen LogP contribution in [0.15, 0.2) is 36.4 Å². The van der Waals surface area contributed by atoms with E-state index in [0.29, 0.717) is 11.5 Å². The van der Waals surface area contributed by atoms with Gasteiger partial charge in [0, 0.05) is 23.6 Å². The van der Waals surface area contributed by atoms with E-state index >= 15 is 0 Å². The van der Waals surface area contributed by atoms with Gasteiger partial charge in [0.2, 0.25) is 0 Å². The molecular weight excluding hydrogens is 529 g/mol. The Morgan fingerprint density at radius 2 is 1.72 bits per heavy atom. The van der Waals surface area contributed by atoms with Crippen LogP contribution in [0.2, 0.25) is 0 Å². The predicted octanol–water partition coefficient (Wildman–Crippen LogP) is 4.93. The fourth-order valence-electron chi connectivity index (χ4n) is 5.33. The van der Waals surface area contributed by atoms with Gasteiger partial charge in [-0.3, -0.25) is 0 Å². The van der Waals surface area contributed by atoms with Gasteiger partial charge >= 0.3 is 18.2 Å². The van der Waals surface area contributed by atoms with Gasteiger partial charge in [0.15, 0.2) is 11.5 Å². The molecule has 2 aromatic rings. The smallest absolute Gasteiger partial charge is 0.490 e. The number of carboxylic acid groups (broad SMARTS) is 1. The number of nitrogens with one attached hydrogen (secondary N) is 2. The molecule has 1 aliphatic heterocycles. The number of methoxy groups -OCH3 is 2. The van der Waals surface area contributed by atoms with Crippen LogP contribution in [-0.2, 0) is 10.2 Å². The van der Waals surface area contributed by atoms with Crippen LogP contribution in [0, 0.1) is 11.6 Å². The fraction of sp³-hybridized carbons (Fsp3) is 0.462. The van der Waals surface area contributed by atoms with E-state index in [9.17, 15) is 26.7 Å². The number of hydrogen-bond acceptors (Lipinski definition) is 5. The minimum atomic E-state index is -5.08. The first-order valence-electron chi connectivity index (χ1n) is 12.1. The SMILES string of the molecule is COc1ccc(C23CCC(NC(=O)Nc4cc(F)ccc4F)CC2N(C)CC3)cc1OC.O=C(O)C(F)(F)F. The molecule has 39 heavy (non-hydrogen) atoms. The number of nitrogens with zero attached hydrogens (tertiary/aromatic N) is 1. The summed E-state index contributed by atoms with van der Waals surface area (Å²) in [6.45, 7) is 0.965. The number of carbonyl (C=O) groups excluding carboxylic acids is 1. The van der Waals surface area contributed by atoms with E-state index in [0.717, 1.165) is 50.4 Å². The molecule has 3 N–H and O–H groups in total. The Hall–Kier alpha value is -3.61. The zero-order valence-corrected chi connectivity index (χ0v) is 21.6. The van der Waals surface area contributed by atoms with Crippen LogP contribution >= 0.6 is 0 Å². The Kier molecular flexibility index (Phi) is 9.26. The van der Waals surface area contributed by atoms with Crippen molar-refractivity contribution in [1.29, 1.82) is 0 Å². The van der Waals surface area contributed by atoms with E-state index in [2.05, 4.69) is 34.7 Å². The number of carbonyl (C=O) groups is 2. The van der Waals surface area contributed by atoms with Crippen molar-refractivity contribution >= 4 is 17.7 Å². The highest BCUT2D eigenvalue weighted by Crippen LogP contribution is 2.49. The Morgan fingerprint density at radius 1 is 1.05 bits per heavy atom. The molecule has 1 saturated carbocycles. The molecule has 2 aromatic carbocycles. The standard InChI is InChI=1S/C24H29F2N3O3.C2HF3O2/c1-29-11-10-24(15-4-7-20(31-2)21(12-15)32-3)9-8-17(14-22(24)29)27-23(30)28-19-13-16(25)5-6-18(19)26;3-2(4,5)1(6)7/h4-7,12-13,17,22H,8-11,14H2,1-3H3,(H2,27,28,30);(H,6,7). The minimum Gasteiger partial charge on any atom is -0.493 e. The van der Waals surface area contributed by atoms with Crippen LogP contribution in [0.1, 0.15) is 31.2 Å². The number of likely N-dealkylation sites (N-methyl/N-ethyl adjacent to an activating group) is 1. The zero-order chi connectivity index (χ0) is 29.0. The Bertz CT molecular complexity index is 1200. The molecule has 2 amide bonds. The van der Waals surface area contributed by atoms with E-state index in [-0.39, 0.29) is 23.2 Å². The van der Waals surface area contributed by atoms with Gasteiger partial charge in [-0.25, -0.2) is 18.4 Å². The number of benzene rings is 2. The van der Waals surface area contributed by atoms with E-state index in [1.165, 1.54) is 5.56 Å². The average Bonchev–Trinajstić information content (AvgIpc) is 3.22. The van der Waals surface area contributed by atoms with Crippen LogP contribution in [0.5, 0.6) is 11.5 Å². The van der Waals surface area contributed by atoms with E-state index in [1.54, 1.807) is 14.2 Å². The second kappa shape index (κ2) is 12.1. The number of aliphatic carboxylic acids is 1. The van der Waals surface area contributed by atoms with Gasteiger partial charge in [-0.2, -0.15) is 13.2 Å². The molecule has 0 bridgehead atoms. The van der Waals surface area contributed by atoms with Crippen LogP contribution in [0.3, 0.4) is 0 Å². The summed E-state index contributed by atoms with van der Waals surface area (Å²) in [6.07, 6.45) is -1.60. The first-order chi connectivity index (χ1) is 18.3. The summed E-state index contributed by atoms with van der Waals surface area (Å²) >= 11 is 0. The summed E-state index contributed by atoms with van der Waals surface area (Å²) in [5, 5.41) is 12.5. The summed E-state index contributed by atoms with van der Waals surface area (Å²) in [7, 11) is 5.37. The van der Waals surface area contributed by atoms with Crippen LogP contribution in [0.4, 0.5) is 32.4 Å². The first-order valence-corrected chi connectivity index (χ1v) is 12.1. The second-order valence-corrected chi connectivity index (χ2v) is 9.47. The van der Waals surface area contributed by atoms with Crippen molar-refractivity contribution in [2.75, 3.05) is 33.1 Å². The van der Waals surface area contributed by atoms with Gasteiger partial charge in [-0.05, 0) is 69.1 Å². The molecule has 3 atom stereocenters. The molecule has 2 aliphatic rings. The topological polar surface area (TPSA) is 100 Å². The number of rotatable bonds is 5. The summed E-state index contributed by atoms with van der Waals surface area (Å²) in [5.41, 5.74) is 1.02. The normalized spacial score (nSPS) is 22.7. The Morgan fingerprint density at radius 3 is 2.33 bits per heavy atom. The van der Waals surface area contributed by atoms with Crippen LogP contribution in [0.25, 0.3) is 0 Å². The van der Waals surface area contributed by atoms with Crippen LogP contribution in [-0.4, -0.2) is 68.1 Å². The number of likely N-dealkylation sites (tertiary alicyclic amines) is 1. The number of amides is 2. The summed E-state index contributed by atoms with van der Waals surface area (Å²) < 4.78 is 69.9.